The predicted molar refractivity (Wildman–Crippen MR) is 65.6 cm³/mol. The molecule has 1 unspecified atom stereocenters. The summed E-state index contributed by atoms with van der Waals surface area (Å²) < 4.78 is 0. The lowest BCUT2D eigenvalue weighted by Gasteiger charge is -2.15. The molecule has 1 N–H and O–H groups in total. The van der Waals surface area contributed by atoms with Crippen LogP contribution in [0.4, 0.5) is 0 Å². The number of benzene rings is 1. The van der Waals surface area contributed by atoms with Crippen LogP contribution in [0.3, 0.4) is 0 Å². The highest BCUT2D eigenvalue weighted by Gasteiger charge is 2.29. The van der Waals surface area contributed by atoms with E-state index in [4.69, 9.17) is 0 Å². The van der Waals surface area contributed by atoms with Gasteiger partial charge in [-0.3, -0.25) is 0 Å². The van der Waals surface area contributed by atoms with Crippen LogP contribution in [-0.4, -0.2) is 11.7 Å². The average Bonchev–Trinajstić information content (AvgIpc) is 3.20. The van der Waals surface area contributed by atoms with Gasteiger partial charge in [-0.15, -0.1) is 0 Å². The summed E-state index contributed by atoms with van der Waals surface area (Å²) in [6.45, 7) is 4.23. The number of rotatable bonds is 4. The topological polar surface area (TPSA) is 20.2 Å². The van der Waals surface area contributed by atoms with E-state index in [0.29, 0.717) is 0 Å². The zero-order chi connectivity index (χ0) is 11.1. The van der Waals surface area contributed by atoms with Gasteiger partial charge in [0, 0.05) is 12.5 Å². The summed E-state index contributed by atoms with van der Waals surface area (Å²) >= 11 is 0. The molecule has 1 nitrogen and oxygen atoms in total. The first-order valence-electron chi connectivity index (χ1n) is 6.37. The minimum Gasteiger partial charge on any atom is -0.396 e. The van der Waals surface area contributed by atoms with Gasteiger partial charge in [0.05, 0.1) is 0 Å². The van der Waals surface area contributed by atoms with Gasteiger partial charge in [-0.2, -0.15) is 0 Å². The number of aliphatic hydroxyl groups excluding tert-OH is 1. The summed E-state index contributed by atoms with van der Waals surface area (Å²) in [5.41, 5.74) is 4.20. The fourth-order valence-corrected chi connectivity index (χ4v) is 2.48. The summed E-state index contributed by atoms with van der Waals surface area (Å²) in [5.74, 6) is 1.59. The molecule has 16 heavy (non-hydrogen) atoms. The van der Waals surface area contributed by atoms with Crippen LogP contribution in [0.2, 0.25) is 0 Å². The summed E-state index contributed by atoms with van der Waals surface area (Å²) in [4.78, 5) is 0. The normalized spacial score (nSPS) is 22.1. The fraction of sp³-hybridized carbons (Fsp3) is 0.533. The Labute approximate surface area is 97.5 Å². The van der Waals surface area contributed by atoms with Crippen molar-refractivity contribution in [2.75, 3.05) is 6.61 Å². The maximum atomic E-state index is 9.30. The third-order valence-electron chi connectivity index (χ3n) is 3.84. The third-order valence-corrected chi connectivity index (χ3v) is 3.84. The lowest BCUT2D eigenvalue weighted by molar-refractivity contribution is 0.282. The average molecular weight is 215 g/mol. The highest BCUT2D eigenvalue weighted by Crippen LogP contribution is 2.46. The fourth-order valence-electron chi connectivity index (χ4n) is 2.48. The summed E-state index contributed by atoms with van der Waals surface area (Å²) in [6, 6.07) is 6.88. The predicted octanol–water partition coefficient (Wildman–Crippen LogP) is 3.35. The Morgan fingerprint density at radius 3 is 2.44 bits per heavy atom. The van der Waals surface area contributed by atoms with Gasteiger partial charge < -0.3 is 5.11 Å². The van der Waals surface area contributed by atoms with E-state index in [9.17, 15) is 5.11 Å². The Hall–Kier alpha value is -0.820. The maximum Gasteiger partial charge on any atom is 0.0499 e. The minimum atomic E-state index is 0.0503. The van der Waals surface area contributed by atoms with Crippen molar-refractivity contribution in [3.63, 3.8) is 0 Å². The van der Waals surface area contributed by atoms with Crippen molar-refractivity contribution < 1.29 is 5.11 Å². The maximum absolute atomic E-state index is 9.30. The molecule has 2 aliphatic carbocycles. The third kappa shape index (κ3) is 1.89. The Kier molecular flexibility index (Phi) is 2.51. The Balaban J connectivity index is 1.97. The molecule has 1 atom stereocenters. The van der Waals surface area contributed by atoms with E-state index in [2.05, 4.69) is 25.1 Å². The van der Waals surface area contributed by atoms with E-state index in [0.717, 1.165) is 11.8 Å². The number of hydrogen-bond acceptors (Lipinski definition) is 1. The van der Waals surface area contributed by atoms with Crippen LogP contribution in [-0.2, 0) is 0 Å². The van der Waals surface area contributed by atoms with E-state index in [-0.39, 0.29) is 12.5 Å². The van der Waals surface area contributed by atoms with Crippen molar-refractivity contribution in [3.05, 3.63) is 41.8 Å². The van der Waals surface area contributed by atoms with Gasteiger partial charge in [0.1, 0.15) is 0 Å². The van der Waals surface area contributed by atoms with Crippen molar-refractivity contribution in [2.45, 2.75) is 43.4 Å². The molecule has 0 aromatic heterocycles. The van der Waals surface area contributed by atoms with Gasteiger partial charge in [-0.1, -0.05) is 18.2 Å². The van der Waals surface area contributed by atoms with Gasteiger partial charge in [-0.25, -0.2) is 0 Å². The highest BCUT2D eigenvalue weighted by atomic mass is 16.3. The smallest absolute Gasteiger partial charge is 0.0499 e. The molecule has 1 radical (unpaired) electrons. The monoisotopic (exact) mass is 215 g/mol. The van der Waals surface area contributed by atoms with Gasteiger partial charge >= 0.3 is 0 Å². The van der Waals surface area contributed by atoms with Crippen molar-refractivity contribution in [2.24, 2.45) is 0 Å². The van der Waals surface area contributed by atoms with E-state index in [1.54, 1.807) is 0 Å². The van der Waals surface area contributed by atoms with Gasteiger partial charge in [0.2, 0.25) is 0 Å². The molecule has 85 valence electrons. The van der Waals surface area contributed by atoms with Gasteiger partial charge in [0.15, 0.2) is 0 Å². The lowest BCUT2D eigenvalue weighted by atomic mass is 9.91. The first kappa shape index (κ1) is 10.3. The van der Waals surface area contributed by atoms with E-state index >= 15 is 0 Å². The van der Waals surface area contributed by atoms with Crippen molar-refractivity contribution >= 4 is 0 Å². The second-order valence-corrected chi connectivity index (χ2v) is 5.32. The largest absolute Gasteiger partial charge is 0.396 e. The first-order valence-corrected chi connectivity index (χ1v) is 6.37. The number of hydrogen-bond donors (Lipinski definition) is 1. The lowest BCUT2D eigenvalue weighted by Crippen LogP contribution is -2.04. The highest BCUT2D eigenvalue weighted by molar-refractivity contribution is 5.41. The quantitative estimate of drug-likeness (QED) is 0.816. The Morgan fingerprint density at radius 1 is 1.19 bits per heavy atom. The van der Waals surface area contributed by atoms with E-state index in [1.165, 1.54) is 42.4 Å². The molecule has 2 aliphatic rings. The Morgan fingerprint density at radius 2 is 1.88 bits per heavy atom. The molecule has 0 amide bonds. The molecule has 1 heteroatoms. The van der Waals surface area contributed by atoms with Crippen LogP contribution in [0.5, 0.6) is 0 Å². The van der Waals surface area contributed by atoms with Crippen LogP contribution in [0.15, 0.2) is 18.2 Å². The zero-order valence-electron chi connectivity index (χ0n) is 9.65. The molecule has 3 rings (SSSR count). The molecule has 0 bridgehead atoms. The minimum absolute atomic E-state index is 0.0503. The second kappa shape index (κ2) is 3.89. The molecule has 0 heterocycles. The van der Waals surface area contributed by atoms with Crippen molar-refractivity contribution in [1.29, 1.82) is 0 Å². The molecule has 0 spiro atoms. The molecular weight excluding hydrogens is 196 g/mol. The first-order chi connectivity index (χ1) is 7.79. The molecule has 0 aliphatic heterocycles. The summed E-state index contributed by atoms with van der Waals surface area (Å²) in [7, 11) is 0. The molecule has 2 fully saturated rings. The SMILES string of the molecule is [CH2]C(CO)c1cc(C2CC2)ccc1C1CC1. The van der Waals surface area contributed by atoms with Crippen LogP contribution in [0.25, 0.3) is 0 Å². The van der Waals surface area contributed by atoms with Crippen LogP contribution in [0, 0.1) is 6.92 Å². The number of aliphatic hydroxyl groups is 1. The van der Waals surface area contributed by atoms with Crippen LogP contribution in [0.1, 0.15) is 60.1 Å². The molecule has 1 aromatic carbocycles. The zero-order valence-corrected chi connectivity index (χ0v) is 9.65. The standard InChI is InChI=1S/C15H19O/c1-10(9-16)15-8-13(11-2-3-11)6-7-14(15)12-4-5-12/h6-8,10-12,16H,1-5,9H2. The summed E-state index contributed by atoms with van der Waals surface area (Å²) in [5, 5.41) is 9.30. The van der Waals surface area contributed by atoms with Gasteiger partial charge in [0.25, 0.3) is 0 Å². The van der Waals surface area contributed by atoms with Gasteiger partial charge in [-0.05, 0) is 61.1 Å². The van der Waals surface area contributed by atoms with Crippen molar-refractivity contribution in [1.82, 2.24) is 0 Å². The molecular formula is C15H19O. The summed E-state index contributed by atoms with van der Waals surface area (Å²) in [6.07, 6.45) is 5.30. The van der Waals surface area contributed by atoms with Crippen molar-refractivity contribution in [3.8, 4) is 0 Å². The van der Waals surface area contributed by atoms with Crippen LogP contribution >= 0.6 is 0 Å². The van der Waals surface area contributed by atoms with E-state index in [1.807, 2.05) is 0 Å². The Bertz CT molecular complexity index is 388. The van der Waals surface area contributed by atoms with E-state index < -0.39 is 0 Å². The van der Waals surface area contributed by atoms with Crippen LogP contribution < -0.4 is 0 Å². The second-order valence-electron chi connectivity index (χ2n) is 5.32. The molecule has 1 aromatic rings. The molecule has 0 saturated heterocycles. The molecule has 2 saturated carbocycles.